The third kappa shape index (κ3) is 2.42. The first-order valence-electron chi connectivity index (χ1n) is 4.46. The van der Waals surface area contributed by atoms with Gasteiger partial charge in [0.15, 0.2) is 0 Å². The van der Waals surface area contributed by atoms with Gasteiger partial charge in [0, 0.05) is 24.9 Å². The predicted octanol–water partition coefficient (Wildman–Crippen LogP) is 0.0698. The lowest BCUT2D eigenvalue weighted by Gasteiger charge is -2.14. The van der Waals surface area contributed by atoms with Crippen molar-refractivity contribution in [1.29, 1.82) is 0 Å². The van der Waals surface area contributed by atoms with E-state index in [-0.39, 0.29) is 18.2 Å². The number of nitrogens with two attached hydrogens (primary N) is 1. The second-order valence-electron chi connectivity index (χ2n) is 3.04. The van der Waals surface area contributed by atoms with Crippen molar-refractivity contribution in [2.24, 2.45) is 5.73 Å². The standard InChI is InChI=1S/C9H13N3O2/c1-2-7(6-8(10)13)12-5-3-4-11-9(12)14/h3-5,7H,2,6H2,1H3,(H2,10,13). The first-order chi connectivity index (χ1) is 6.65. The zero-order valence-electron chi connectivity index (χ0n) is 8.01. The van der Waals surface area contributed by atoms with Crippen LogP contribution in [0.4, 0.5) is 0 Å². The van der Waals surface area contributed by atoms with Gasteiger partial charge in [0.1, 0.15) is 0 Å². The maximum absolute atomic E-state index is 11.3. The predicted molar refractivity (Wildman–Crippen MR) is 51.6 cm³/mol. The Labute approximate surface area is 81.6 Å². The van der Waals surface area contributed by atoms with Gasteiger partial charge in [-0.25, -0.2) is 9.78 Å². The molecule has 1 atom stereocenters. The van der Waals surface area contributed by atoms with E-state index in [2.05, 4.69) is 4.98 Å². The molecule has 1 heterocycles. The van der Waals surface area contributed by atoms with Gasteiger partial charge in [0.05, 0.1) is 0 Å². The molecule has 0 aliphatic heterocycles. The number of hydrogen-bond donors (Lipinski definition) is 1. The zero-order valence-corrected chi connectivity index (χ0v) is 8.01. The molecule has 0 saturated heterocycles. The SMILES string of the molecule is CCC(CC(N)=O)n1cccnc1=O. The van der Waals surface area contributed by atoms with Crippen molar-refractivity contribution in [3.05, 3.63) is 28.9 Å². The van der Waals surface area contributed by atoms with Gasteiger partial charge >= 0.3 is 5.69 Å². The second-order valence-corrected chi connectivity index (χ2v) is 3.04. The Balaban J connectivity index is 2.95. The Morgan fingerprint density at radius 1 is 1.71 bits per heavy atom. The monoisotopic (exact) mass is 195 g/mol. The molecule has 1 unspecified atom stereocenters. The average Bonchev–Trinajstić information content (AvgIpc) is 2.15. The van der Waals surface area contributed by atoms with E-state index in [4.69, 9.17) is 5.73 Å². The highest BCUT2D eigenvalue weighted by Gasteiger charge is 2.12. The summed E-state index contributed by atoms with van der Waals surface area (Å²) in [5.41, 5.74) is 4.73. The number of carbonyl (C=O) groups is 1. The Morgan fingerprint density at radius 3 is 2.93 bits per heavy atom. The van der Waals surface area contributed by atoms with E-state index in [0.29, 0.717) is 6.42 Å². The Kier molecular flexibility index (Phi) is 3.39. The van der Waals surface area contributed by atoms with E-state index in [1.807, 2.05) is 6.92 Å². The molecular weight excluding hydrogens is 182 g/mol. The molecule has 76 valence electrons. The Hall–Kier alpha value is -1.65. The maximum Gasteiger partial charge on any atom is 0.347 e. The molecule has 0 spiro atoms. The summed E-state index contributed by atoms with van der Waals surface area (Å²) in [5, 5.41) is 0. The molecule has 1 amide bonds. The number of primary amides is 1. The summed E-state index contributed by atoms with van der Waals surface area (Å²) in [7, 11) is 0. The van der Waals surface area contributed by atoms with E-state index >= 15 is 0 Å². The molecule has 1 rings (SSSR count). The van der Waals surface area contributed by atoms with Crippen LogP contribution in [-0.2, 0) is 4.79 Å². The van der Waals surface area contributed by atoms with Gasteiger partial charge in [-0.15, -0.1) is 0 Å². The van der Waals surface area contributed by atoms with Crippen LogP contribution in [0, 0.1) is 0 Å². The van der Waals surface area contributed by atoms with E-state index < -0.39 is 5.91 Å². The summed E-state index contributed by atoms with van der Waals surface area (Å²) >= 11 is 0. The van der Waals surface area contributed by atoms with Gasteiger partial charge in [-0.1, -0.05) is 6.92 Å². The van der Waals surface area contributed by atoms with Crippen molar-refractivity contribution < 1.29 is 4.79 Å². The fourth-order valence-electron chi connectivity index (χ4n) is 1.32. The van der Waals surface area contributed by atoms with Crippen LogP contribution in [0.15, 0.2) is 23.3 Å². The minimum atomic E-state index is -0.410. The molecule has 5 nitrogen and oxygen atoms in total. The smallest absolute Gasteiger partial charge is 0.347 e. The van der Waals surface area contributed by atoms with E-state index in [1.54, 1.807) is 12.3 Å². The second kappa shape index (κ2) is 4.55. The molecule has 5 heteroatoms. The topological polar surface area (TPSA) is 78.0 Å². The summed E-state index contributed by atoms with van der Waals surface area (Å²) in [6, 6.07) is 1.47. The fraction of sp³-hybridized carbons (Fsp3) is 0.444. The van der Waals surface area contributed by atoms with Crippen LogP contribution < -0.4 is 11.4 Å². The number of hydrogen-bond acceptors (Lipinski definition) is 3. The lowest BCUT2D eigenvalue weighted by Crippen LogP contribution is -2.28. The molecule has 0 aliphatic rings. The van der Waals surface area contributed by atoms with E-state index in [0.717, 1.165) is 0 Å². The van der Waals surface area contributed by atoms with Crippen molar-refractivity contribution in [1.82, 2.24) is 9.55 Å². The summed E-state index contributed by atoms with van der Waals surface area (Å²) in [6.45, 7) is 1.90. The number of amides is 1. The van der Waals surface area contributed by atoms with Crippen molar-refractivity contribution in [2.75, 3.05) is 0 Å². The van der Waals surface area contributed by atoms with Crippen LogP contribution in [0.2, 0.25) is 0 Å². The summed E-state index contributed by atoms with van der Waals surface area (Å²) in [5.74, 6) is -0.410. The van der Waals surface area contributed by atoms with Gasteiger partial charge in [-0.3, -0.25) is 9.36 Å². The summed E-state index contributed by atoms with van der Waals surface area (Å²) < 4.78 is 1.44. The third-order valence-corrected chi connectivity index (χ3v) is 2.04. The van der Waals surface area contributed by atoms with Gasteiger partial charge in [0.2, 0.25) is 5.91 Å². The van der Waals surface area contributed by atoms with Crippen molar-refractivity contribution in [2.45, 2.75) is 25.8 Å². The van der Waals surface area contributed by atoms with E-state index in [9.17, 15) is 9.59 Å². The zero-order chi connectivity index (χ0) is 10.6. The normalized spacial score (nSPS) is 12.4. The van der Waals surface area contributed by atoms with Gasteiger partial charge in [-0.2, -0.15) is 0 Å². The van der Waals surface area contributed by atoms with Crippen molar-refractivity contribution >= 4 is 5.91 Å². The maximum atomic E-state index is 11.3. The number of rotatable bonds is 4. The third-order valence-electron chi connectivity index (χ3n) is 2.04. The molecule has 0 aromatic carbocycles. The first-order valence-corrected chi connectivity index (χ1v) is 4.46. The largest absolute Gasteiger partial charge is 0.370 e. The summed E-state index contributed by atoms with van der Waals surface area (Å²) in [4.78, 5) is 25.7. The molecular formula is C9H13N3O2. The summed E-state index contributed by atoms with van der Waals surface area (Å²) in [6.07, 6.45) is 3.89. The molecule has 2 N–H and O–H groups in total. The highest BCUT2D eigenvalue weighted by molar-refractivity contribution is 5.74. The van der Waals surface area contributed by atoms with Crippen LogP contribution in [0.1, 0.15) is 25.8 Å². The average molecular weight is 195 g/mol. The van der Waals surface area contributed by atoms with Crippen LogP contribution in [0.5, 0.6) is 0 Å². The Bertz CT molecular complexity index is 372. The molecule has 1 aromatic heterocycles. The minimum Gasteiger partial charge on any atom is -0.370 e. The van der Waals surface area contributed by atoms with Crippen molar-refractivity contribution in [3.8, 4) is 0 Å². The van der Waals surface area contributed by atoms with Crippen molar-refractivity contribution in [3.63, 3.8) is 0 Å². The molecule has 0 bridgehead atoms. The molecule has 0 radical (unpaired) electrons. The lowest BCUT2D eigenvalue weighted by atomic mass is 10.1. The highest BCUT2D eigenvalue weighted by atomic mass is 16.1. The van der Waals surface area contributed by atoms with Gasteiger partial charge in [-0.05, 0) is 12.5 Å². The van der Waals surface area contributed by atoms with Crippen LogP contribution in [-0.4, -0.2) is 15.5 Å². The van der Waals surface area contributed by atoms with Gasteiger partial charge in [0.25, 0.3) is 0 Å². The Morgan fingerprint density at radius 2 is 2.43 bits per heavy atom. The molecule has 0 aliphatic carbocycles. The molecule has 0 saturated carbocycles. The van der Waals surface area contributed by atoms with E-state index in [1.165, 1.54) is 10.8 Å². The molecule has 1 aromatic rings. The quantitative estimate of drug-likeness (QED) is 0.738. The number of carbonyl (C=O) groups excluding carboxylic acids is 1. The van der Waals surface area contributed by atoms with Crippen LogP contribution in [0.25, 0.3) is 0 Å². The molecule has 0 fully saturated rings. The van der Waals surface area contributed by atoms with Gasteiger partial charge < -0.3 is 5.73 Å². The first kappa shape index (κ1) is 10.4. The molecule has 14 heavy (non-hydrogen) atoms. The van der Waals surface area contributed by atoms with Crippen LogP contribution in [0.3, 0.4) is 0 Å². The number of aromatic nitrogens is 2. The lowest BCUT2D eigenvalue weighted by molar-refractivity contribution is -0.118. The number of nitrogens with zero attached hydrogens (tertiary/aromatic N) is 2. The van der Waals surface area contributed by atoms with Crippen LogP contribution >= 0.6 is 0 Å². The highest BCUT2D eigenvalue weighted by Crippen LogP contribution is 2.11. The fourth-order valence-corrected chi connectivity index (χ4v) is 1.32. The minimum absolute atomic E-state index is 0.169.